The Bertz CT molecular complexity index is 820. The van der Waals surface area contributed by atoms with Crippen molar-refractivity contribution < 1.29 is 0 Å². The van der Waals surface area contributed by atoms with E-state index in [1.165, 1.54) is 0 Å². The molecule has 0 aliphatic rings. The molecule has 0 saturated carbocycles. The Morgan fingerprint density at radius 3 is 2.48 bits per heavy atom. The number of allylic oxidation sites excluding steroid dienone is 4. The second-order valence-electron chi connectivity index (χ2n) is 4.76. The first kappa shape index (κ1) is 13.1. The minimum Gasteiger partial charge on any atom is -0.277 e. The summed E-state index contributed by atoms with van der Waals surface area (Å²) in [6, 6.07) is 16.5. The largest absolute Gasteiger partial charge is 0.277 e. The number of nitrogens with one attached hydrogen (secondary N) is 1. The Hall–Kier alpha value is -2.87. The van der Waals surface area contributed by atoms with E-state index in [4.69, 9.17) is 0 Å². The molecule has 21 heavy (non-hydrogen) atoms. The van der Waals surface area contributed by atoms with E-state index in [-0.39, 0.29) is 0 Å². The number of H-pyrrole nitrogens is 1. The first-order valence-corrected chi connectivity index (χ1v) is 6.82. The third-order valence-corrected chi connectivity index (χ3v) is 3.48. The highest BCUT2D eigenvalue weighted by atomic mass is 15.1. The Labute approximate surface area is 124 Å². The number of fused-ring (bicyclic) bond motifs is 1. The van der Waals surface area contributed by atoms with Gasteiger partial charge in [0.05, 0.1) is 11.2 Å². The number of aromatic amines is 1. The Balaban J connectivity index is 2.03. The van der Waals surface area contributed by atoms with Gasteiger partial charge in [-0.2, -0.15) is 5.10 Å². The van der Waals surface area contributed by atoms with Crippen LogP contribution in [0.4, 0.5) is 0 Å². The maximum absolute atomic E-state index is 4.42. The molecule has 0 fully saturated rings. The molecule has 1 heterocycles. The van der Waals surface area contributed by atoms with Crippen LogP contribution in [0.5, 0.6) is 0 Å². The zero-order valence-corrected chi connectivity index (χ0v) is 11.7. The second kappa shape index (κ2) is 5.63. The topological polar surface area (TPSA) is 28.7 Å². The molecule has 0 amide bonds. The lowest BCUT2D eigenvalue weighted by Crippen LogP contribution is -1.83. The minimum absolute atomic E-state index is 0.977. The Morgan fingerprint density at radius 2 is 1.76 bits per heavy atom. The smallest absolute Gasteiger partial charge is 0.0999 e. The fourth-order valence-electron chi connectivity index (χ4n) is 2.41. The van der Waals surface area contributed by atoms with Crippen molar-refractivity contribution in [3.63, 3.8) is 0 Å². The van der Waals surface area contributed by atoms with Crippen LogP contribution in [0.15, 0.2) is 79.9 Å². The zero-order chi connectivity index (χ0) is 14.7. The number of hydrogen-bond donors (Lipinski definition) is 1. The highest BCUT2D eigenvalue weighted by Crippen LogP contribution is 2.27. The fraction of sp³-hybridized carbons (Fsp3) is 0. The van der Waals surface area contributed by atoms with Crippen LogP contribution < -0.4 is 0 Å². The highest BCUT2D eigenvalue weighted by molar-refractivity contribution is 5.93. The van der Waals surface area contributed by atoms with Gasteiger partial charge in [-0.1, -0.05) is 73.9 Å². The minimum atomic E-state index is 0.977. The molecule has 0 bridgehead atoms. The third kappa shape index (κ3) is 2.43. The lowest BCUT2D eigenvalue weighted by atomic mass is 10.0. The van der Waals surface area contributed by atoms with E-state index in [0.29, 0.717) is 0 Å². The predicted octanol–water partition coefficient (Wildman–Crippen LogP) is 4.99. The summed E-state index contributed by atoms with van der Waals surface area (Å²) >= 11 is 0. The van der Waals surface area contributed by atoms with E-state index in [1.54, 1.807) is 6.08 Å². The number of para-hydroxylation sites is 1. The lowest BCUT2D eigenvalue weighted by Gasteiger charge is -2.03. The number of benzene rings is 2. The molecule has 2 nitrogen and oxygen atoms in total. The molecule has 3 aromatic rings. The van der Waals surface area contributed by atoms with Gasteiger partial charge < -0.3 is 0 Å². The van der Waals surface area contributed by atoms with Crippen LogP contribution in [-0.4, -0.2) is 10.2 Å². The molecule has 0 atom stereocenters. The molecule has 2 heteroatoms. The molecule has 2 aromatic carbocycles. The predicted molar refractivity (Wildman–Crippen MR) is 89.9 cm³/mol. The van der Waals surface area contributed by atoms with Gasteiger partial charge in [0.15, 0.2) is 0 Å². The summed E-state index contributed by atoms with van der Waals surface area (Å²) in [5, 5.41) is 8.62. The first-order valence-electron chi connectivity index (χ1n) is 6.82. The van der Waals surface area contributed by atoms with E-state index >= 15 is 0 Å². The summed E-state index contributed by atoms with van der Waals surface area (Å²) in [5.41, 5.74) is 5.30. The third-order valence-electron chi connectivity index (χ3n) is 3.48. The number of rotatable bonds is 4. The SMILES string of the molecule is C=C/C=C(\C=C)c1ccc(-c2n[nH]c3ccccc23)cc1. The van der Waals surface area contributed by atoms with Crippen molar-refractivity contribution >= 4 is 16.5 Å². The van der Waals surface area contributed by atoms with Crippen molar-refractivity contribution in [2.45, 2.75) is 0 Å². The first-order chi connectivity index (χ1) is 10.3. The van der Waals surface area contributed by atoms with Gasteiger partial charge in [0.1, 0.15) is 0 Å². The van der Waals surface area contributed by atoms with Gasteiger partial charge in [0.2, 0.25) is 0 Å². The normalized spacial score (nSPS) is 11.5. The molecule has 102 valence electrons. The molecular weight excluding hydrogens is 256 g/mol. The summed E-state index contributed by atoms with van der Waals surface area (Å²) in [6.07, 6.45) is 5.55. The summed E-state index contributed by atoms with van der Waals surface area (Å²) < 4.78 is 0. The van der Waals surface area contributed by atoms with E-state index in [9.17, 15) is 0 Å². The summed E-state index contributed by atoms with van der Waals surface area (Å²) in [4.78, 5) is 0. The molecule has 1 N–H and O–H groups in total. The van der Waals surface area contributed by atoms with Gasteiger partial charge in [0.25, 0.3) is 0 Å². The monoisotopic (exact) mass is 272 g/mol. The van der Waals surface area contributed by atoms with E-state index in [0.717, 1.165) is 33.3 Å². The molecule has 0 unspecified atom stereocenters. The number of aromatic nitrogens is 2. The molecule has 0 radical (unpaired) electrons. The van der Waals surface area contributed by atoms with E-state index < -0.39 is 0 Å². The molecule has 0 spiro atoms. The van der Waals surface area contributed by atoms with Crippen molar-refractivity contribution in [1.82, 2.24) is 10.2 Å². The van der Waals surface area contributed by atoms with Crippen LogP contribution in [0.2, 0.25) is 0 Å². The number of hydrogen-bond acceptors (Lipinski definition) is 1. The standard InChI is InChI=1S/C19H16N2/c1-3-7-14(4-2)15-10-12-16(13-11-15)19-17-8-5-6-9-18(17)20-21-19/h3-13H,1-2H2,(H,20,21)/b14-7+. The maximum Gasteiger partial charge on any atom is 0.0999 e. The van der Waals surface area contributed by atoms with Crippen molar-refractivity contribution in [2.75, 3.05) is 0 Å². The van der Waals surface area contributed by atoms with Crippen LogP contribution in [0.25, 0.3) is 27.7 Å². The van der Waals surface area contributed by atoms with E-state index in [2.05, 4.69) is 53.7 Å². The van der Waals surface area contributed by atoms with E-state index in [1.807, 2.05) is 30.4 Å². The van der Waals surface area contributed by atoms with Crippen LogP contribution in [-0.2, 0) is 0 Å². The van der Waals surface area contributed by atoms with Crippen molar-refractivity contribution in [3.05, 3.63) is 85.5 Å². The molecular formula is C19H16N2. The molecule has 0 saturated heterocycles. The van der Waals surface area contributed by atoms with Crippen molar-refractivity contribution in [1.29, 1.82) is 0 Å². The average Bonchev–Trinajstić information content (AvgIpc) is 2.97. The Kier molecular flexibility index (Phi) is 3.52. The van der Waals surface area contributed by atoms with Gasteiger partial charge in [0, 0.05) is 10.9 Å². The van der Waals surface area contributed by atoms with Crippen LogP contribution in [0, 0.1) is 0 Å². The van der Waals surface area contributed by atoms with Gasteiger partial charge in [-0.25, -0.2) is 0 Å². The van der Waals surface area contributed by atoms with Crippen LogP contribution >= 0.6 is 0 Å². The van der Waals surface area contributed by atoms with Crippen LogP contribution in [0.3, 0.4) is 0 Å². The molecule has 0 aliphatic carbocycles. The van der Waals surface area contributed by atoms with Gasteiger partial charge in [-0.15, -0.1) is 0 Å². The van der Waals surface area contributed by atoms with Crippen molar-refractivity contribution in [3.8, 4) is 11.3 Å². The quantitative estimate of drug-likeness (QED) is 0.666. The van der Waals surface area contributed by atoms with Gasteiger partial charge in [-0.05, 0) is 17.2 Å². The Morgan fingerprint density at radius 1 is 1.00 bits per heavy atom. The fourth-order valence-corrected chi connectivity index (χ4v) is 2.41. The molecule has 3 rings (SSSR count). The lowest BCUT2D eigenvalue weighted by molar-refractivity contribution is 1.12. The second-order valence-corrected chi connectivity index (χ2v) is 4.76. The summed E-state index contributed by atoms with van der Waals surface area (Å²) in [7, 11) is 0. The molecule has 0 aliphatic heterocycles. The van der Waals surface area contributed by atoms with Gasteiger partial charge >= 0.3 is 0 Å². The molecule has 1 aromatic heterocycles. The number of nitrogens with zero attached hydrogens (tertiary/aromatic N) is 1. The zero-order valence-electron chi connectivity index (χ0n) is 11.7. The van der Waals surface area contributed by atoms with Crippen molar-refractivity contribution in [2.24, 2.45) is 0 Å². The maximum atomic E-state index is 4.42. The summed E-state index contributed by atoms with van der Waals surface area (Å²) in [5.74, 6) is 0. The summed E-state index contributed by atoms with van der Waals surface area (Å²) in [6.45, 7) is 7.56. The van der Waals surface area contributed by atoms with Crippen LogP contribution in [0.1, 0.15) is 5.56 Å². The van der Waals surface area contributed by atoms with Gasteiger partial charge in [-0.3, -0.25) is 5.10 Å². The average molecular weight is 272 g/mol. The highest BCUT2D eigenvalue weighted by Gasteiger charge is 2.07.